The van der Waals surface area contributed by atoms with Gasteiger partial charge in [-0.3, -0.25) is 9.69 Å². The highest BCUT2D eigenvalue weighted by molar-refractivity contribution is 7.99. The fourth-order valence-electron chi connectivity index (χ4n) is 4.13. The molecule has 0 aliphatic carbocycles. The van der Waals surface area contributed by atoms with Gasteiger partial charge in [0.15, 0.2) is 0 Å². The molecule has 0 unspecified atom stereocenters. The van der Waals surface area contributed by atoms with Gasteiger partial charge in [-0.1, -0.05) is 13.3 Å². The Hall–Kier alpha value is -0.130. The molecule has 0 radical (unpaired) electrons. The number of carbonyl (C=O) groups is 1. The Morgan fingerprint density at radius 2 is 1.93 bits per heavy atom. The number of carbonyl (C=O) groups excluding carboxylic acids is 1. The van der Waals surface area contributed by atoms with Crippen molar-refractivity contribution in [3.8, 4) is 0 Å². The first-order valence-electron chi connectivity index (χ1n) is 9.62. The molecule has 0 aromatic carbocycles. The van der Waals surface area contributed by atoms with Crippen LogP contribution in [0.15, 0.2) is 0 Å². The number of aliphatic hydroxyl groups excluding tert-OH is 4. The molecule has 8 nitrogen and oxygen atoms in total. The highest BCUT2D eigenvalue weighted by Gasteiger charge is 2.48. The normalized spacial score (nSPS) is 38.5. The quantitative estimate of drug-likeness (QED) is 0.360. The van der Waals surface area contributed by atoms with E-state index in [2.05, 4.69) is 12.2 Å². The van der Waals surface area contributed by atoms with Gasteiger partial charge in [0.25, 0.3) is 0 Å². The fraction of sp³-hybridized carbons (Fsp3) is 0.944. The van der Waals surface area contributed by atoms with Crippen LogP contribution >= 0.6 is 24.2 Å². The number of likely N-dealkylation sites (tertiary alicyclic amines) is 1. The molecule has 166 valence electrons. The van der Waals surface area contributed by atoms with Gasteiger partial charge in [0.1, 0.15) is 29.9 Å². The molecule has 2 aliphatic rings. The summed E-state index contributed by atoms with van der Waals surface area (Å²) in [6.07, 6.45) is -1.50. The third-order valence-electron chi connectivity index (χ3n) is 5.66. The third-order valence-corrected chi connectivity index (χ3v) is 6.51. The van der Waals surface area contributed by atoms with Crippen molar-refractivity contribution in [1.82, 2.24) is 10.2 Å². The van der Waals surface area contributed by atoms with Crippen molar-refractivity contribution in [3.05, 3.63) is 0 Å². The van der Waals surface area contributed by atoms with E-state index in [1.807, 2.05) is 11.9 Å². The molecule has 0 bridgehead atoms. The largest absolute Gasteiger partial charge is 0.391 e. The Bertz CT molecular complexity index is 501. The number of hydrogen-bond donors (Lipinski definition) is 5. The van der Waals surface area contributed by atoms with Crippen molar-refractivity contribution < 1.29 is 30.0 Å². The zero-order chi connectivity index (χ0) is 20.3. The zero-order valence-electron chi connectivity index (χ0n) is 16.9. The average molecular weight is 443 g/mol. The number of nitrogens with zero attached hydrogens (tertiary/aromatic N) is 1. The second-order valence-corrected chi connectivity index (χ2v) is 8.73. The van der Waals surface area contributed by atoms with Gasteiger partial charge in [0, 0.05) is 6.54 Å². The average Bonchev–Trinajstić information content (AvgIpc) is 2.99. The maximum absolute atomic E-state index is 12.8. The van der Waals surface area contributed by atoms with Crippen molar-refractivity contribution >= 4 is 30.1 Å². The molecule has 0 saturated carbocycles. The number of likely N-dealkylation sites (N-methyl/N-ethyl adjacent to an activating group) is 1. The van der Waals surface area contributed by atoms with E-state index in [0.717, 1.165) is 25.8 Å². The maximum Gasteiger partial charge on any atom is 0.237 e. The number of halogens is 1. The van der Waals surface area contributed by atoms with Crippen LogP contribution in [0, 0.1) is 5.92 Å². The standard InChI is InChI=1S/C18H34N2O6S.ClH/c1-5-6-10-7-11(20(3)8-10)17(25)19-12(9(2)21)16-14(23)13(22)15(24)18(26-16)27-4;/h9-16,18,21-24H,5-8H2,1-4H3,(H,19,25);1H/t9-,10-,11+,12+,13+,14+,15+,16+,18+;/m1./s1. The molecule has 10 heteroatoms. The summed E-state index contributed by atoms with van der Waals surface area (Å²) in [5.41, 5.74) is -0.755. The minimum absolute atomic E-state index is 0. The molecule has 1 amide bonds. The van der Waals surface area contributed by atoms with Crippen LogP contribution in [0.3, 0.4) is 0 Å². The van der Waals surface area contributed by atoms with E-state index in [1.165, 1.54) is 18.7 Å². The summed E-state index contributed by atoms with van der Waals surface area (Å²) < 4.78 is 5.72. The molecular weight excluding hydrogens is 408 g/mol. The van der Waals surface area contributed by atoms with E-state index in [-0.39, 0.29) is 24.4 Å². The van der Waals surface area contributed by atoms with Crippen LogP contribution in [0.25, 0.3) is 0 Å². The number of rotatable bonds is 7. The number of thioether (sulfide) groups is 1. The van der Waals surface area contributed by atoms with E-state index in [9.17, 15) is 25.2 Å². The number of amides is 1. The molecule has 2 fully saturated rings. The molecule has 0 spiro atoms. The van der Waals surface area contributed by atoms with E-state index in [4.69, 9.17) is 4.74 Å². The summed E-state index contributed by atoms with van der Waals surface area (Å²) in [5.74, 6) is 0.245. The smallest absolute Gasteiger partial charge is 0.237 e. The first-order valence-corrected chi connectivity index (χ1v) is 10.9. The fourth-order valence-corrected chi connectivity index (χ4v) is 4.81. The van der Waals surface area contributed by atoms with Gasteiger partial charge in [0.2, 0.25) is 5.91 Å². The summed E-state index contributed by atoms with van der Waals surface area (Å²) in [5, 5.41) is 43.5. The summed E-state index contributed by atoms with van der Waals surface area (Å²) in [4.78, 5) is 14.9. The van der Waals surface area contributed by atoms with Gasteiger partial charge in [-0.05, 0) is 39.0 Å². The van der Waals surface area contributed by atoms with Crippen molar-refractivity contribution in [2.45, 2.75) is 81.1 Å². The Balaban J connectivity index is 0.00000392. The van der Waals surface area contributed by atoms with Crippen LogP contribution < -0.4 is 5.32 Å². The molecule has 2 aliphatic heterocycles. The predicted octanol–water partition coefficient (Wildman–Crippen LogP) is -0.435. The molecule has 0 aromatic rings. The van der Waals surface area contributed by atoms with Crippen molar-refractivity contribution in [2.75, 3.05) is 19.8 Å². The van der Waals surface area contributed by atoms with Gasteiger partial charge < -0.3 is 30.5 Å². The summed E-state index contributed by atoms with van der Waals surface area (Å²) in [6, 6.07) is -1.20. The van der Waals surface area contributed by atoms with Crippen LogP contribution in [0.4, 0.5) is 0 Å². The van der Waals surface area contributed by atoms with Crippen molar-refractivity contribution in [2.24, 2.45) is 5.92 Å². The first-order chi connectivity index (χ1) is 12.7. The third kappa shape index (κ3) is 5.72. The monoisotopic (exact) mass is 442 g/mol. The maximum atomic E-state index is 12.8. The van der Waals surface area contributed by atoms with E-state index in [1.54, 1.807) is 6.26 Å². The van der Waals surface area contributed by atoms with Gasteiger partial charge in [-0.15, -0.1) is 24.2 Å². The van der Waals surface area contributed by atoms with Gasteiger partial charge in [-0.2, -0.15) is 0 Å². The van der Waals surface area contributed by atoms with E-state index >= 15 is 0 Å². The van der Waals surface area contributed by atoms with Gasteiger partial charge in [0.05, 0.1) is 18.2 Å². The van der Waals surface area contributed by atoms with Gasteiger partial charge >= 0.3 is 0 Å². The molecule has 2 saturated heterocycles. The molecule has 28 heavy (non-hydrogen) atoms. The lowest BCUT2D eigenvalue weighted by molar-refractivity contribution is -0.211. The minimum atomic E-state index is -1.42. The summed E-state index contributed by atoms with van der Waals surface area (Å²) in [6.45, 7) is 4.48. The van der Waals surface area contributed by atoms with Crippen LogP contribution in [-0.2, 0) is 9.53 Å². The first kappa shape index (κ1) is 25.9. The Labute approximate surface area is 177 Å². The molecular formula is C18H35ClN2O6S. The Morgan fingerprint density at radius 1 is 1.29 bits per heavy atom. The predicted molar refractivity (Wildman–Crippen MR) is 110 cm³/mol. The number of aliphatic hydroxyl groups is 4. The van der Waals surface area contributed by atoms with Crippen LogP contribution in [0.2, 0.25) is 0 Å². The number of ether oxygens (including phenoxy) is 1. The number of nitrogens with one attached hydrogen (secondary N) is 1. The van der Waals surface area contributed by atoms with Crippen molar-refractivity contribution in [3.63, 3.8) is 0 Å². The second-order valence-electron chi connectivity index (χ2n) is 7.80. The lowest BCUT2D eigenvalue weighted by atomic mass is 9.92. The SMILES string of the molecule is CCC[C@@H]1C[C@@H](C(=O)N[C@H]([C@@H]2O[C@@H](SC)[C@@H](O)[C@@H](O)[C@@H]2O)[C@@H](C)O)N(C)C1.Cl. The summed E-state index contributed by atoms with van der Waals surface area (Å²) in [7, 11) is 1.91. The van der Waals surface area contributed by atoms with E-state index < -0.39 is 42.0 Å². The summed E-state index contributed by atoms with van der Waals surface area (Å²) >= 11 is 1.20. The molecule has 0 aromatic heterocycles. The lowest BCUT2D eigenvalue weighted by Gasteiger charge is -2.44. The van der Waals surface area contributed by atoms with E-state index in [0.29, 0.717) is 5.92 Å². The lowest BCUT2D eigenvalue weighted by Crippen LogP contribution is -2.65. The second kappa shape index (κ2) is 11.3. The molecule has 9 atom stereocenters. The Kier molecular flexibility index (Phi) is 10.5. The van der Waals surface area contributed by atoms with Crippen molar-refractivity contribution in [1.29, 1.82) is 0 Å². The van der Waals surface area contributed by atoms with Crippen LogP contribution in [0.1, 0.15) is 33.1 Å². The van der Waals surface area contributed by atoms with Crippen LogP contribution in [0.5, 0.6) is 0 Å². The van der Waals surface area contributed by atoms with Gasteiger partial charge in [-0.25, -0.2) is 0 Å². The molecule has 5 N–H and O–H groups in total. The zero-order valence-corrected chi connectivity index (χ0v) is 18.5. The van der Waals surface area contributed by atoms with Crippen LogP contribution in [-0.4, -0.2) is 99.1 Å². The highest BCUT2D eigenvalue weighted by Crippen LogP contribution is 2.30. The molecule has 2 heterocycles. The topological polar surface area (TPSA) is 122 Å². The molecule has 2 rings (SSSR count). The minimum Gasteiger partial charge on any atom is -0.391 e. The Morgan fingerprint density at radius 3 is 2.46 bits per heavy atom. The highest BCUT2D eigenvalue weighted by atomic mass is 35.5. The number of hydrogen-bond acceptors (Lipinski definition) is 8.